The van der Waals surface area contributed by atoms with E-state index in [4.69, 9.17) is 16.9 Å². The molecule has 9 heteroatoms. The highest BCUT2D eigenvalue weighted by Gasteiger charge is 2.34. The van der Waals surface area contributed by atoms with Crippen LogP contribution in [-0.2, 0) is 16.2 Å². The van der Waals surface area contributed by atoms with Crippen molar-refractivity contribution >= 4 is 21.6 Å². The van der Waals surface area contributed by atoms with E-state index in [1.807, 2.05) is 6.07 Å². The second-order valence-corrected chi connectivity index (χ2v) is 6.94. The number of alkyl halides is 3. The summed E-state index contributed by atoms with van der Waals surface area (Å²) < 4.78 is 64.1. The lowest BCUT2D eigenvalue weighted by atomic mass is 10.2. The van der Waals surface area contributed by atoms with E-state index in [0.717, 1.165) is 16.4 Å². The van der Waals surface area contributed by atoms with Gasteiger partial charge in [0.1, 0.15) is 4.90 Å². The van der Waals surface area contributed by atoms with Crippen LogP contribution in [0, 0.1) is 17.2 Å². The van der Waals surface area contributed by atoms with Gasteiger partial charge in [0.2, 0.25) is 10.0 Å². The van der Waals surface area contributed by atoms with Gasteiger partial charge in [-0.15, -0.1) is 0 Å². The van der Waals surface area contributed by atoms with E-state index in [9.17, 15) is 21.6 Å². The fourth-order valence-corrected chi connectivity index (χ4v) is 3.80. The van der Waals surface area contributed by atoms with Gasteiger partial charge >= 0.3 is 6.18 Å². The molecule has 0 amide bonds. The maximum absolute atomic E-state index is 12.7. The monoisotopic (exact) mass is 354 g/mol. The fourth-order valence-electron chi connectivity index (χ4n) is 1.76. The second-order valence-electron chi connectivity index (χ2n) is 4.63. The molecular formula is C13H14ClF3N2O2S. The molecular weight excluding hydrogens is 341 g/mol. The Morgan fingerprint density at radius 3 is 2.45 bits per heavy atom. The van der Waals surface area contributed by atoms with Crippen LogP contribution in [0.15, 0.2) is 23.1 Å². The summed E-state index contributed by atoms with van der Waals surface area (Å²) in [4.78, 5) is -0.615. The molecule has 0 saturated heterocycles. The lowest BCUT2D eigenvalue weighted by Gasteiger charge is -2.22. The molecule has 1 aromatic rings. The highest BCUT2D eigenvalue weighted by Crippen LogP contribution is 2.34. The first kappa shape index (κ1) is 18.7. The average molecular weight is 355 g/mol. The number of hydrogen-bond acceptors (Lipinski definition) is 3. The maximum atomic E-state index is 12.7. The Hall–Kier alpha value is -1.30. The smallest absolute Gasteiger partial charge is 0.207 e. The maximum Gasteiger partial charge on any atom is 0.416 e. The first-order chi connectivity index (χ1) is 10.0. The second kappa shape index (κ2) is 6.86. The van der Waals surface area contributed by atoms with Crippen LogP contribution in [-0.4, -0.2) is 25.8 Å². The normalized spacial score (nSPS) is 13.9. The molecule has 0 aliphatic heterocycles. The zero-order chi connectivity index (χ0) is 17.1. The Morgan fingerprint density at radius 2 is 2.00 bits per heavy atom. The summed E-state index contributed by atoms with van der Waals surface area (Å²) in [5.41, 5.74) is -1.10. The van der Waals surface area contributed by atoms with E-state index in [2.05, 4.69) is 0 Å². The molecule has 0 spiro atoms. The lowest BCUT2D eigenvalue weighted by molar-refractivity contribution is -0.137. The molecule has 0 radical (unpaired) electrons. The van der Waals surface area contributed by atoms with Crippen LogP contribution in [0.5, 0.6) is 0 Å². The van der Waals surface area contributed by atoms with Crippen molar-refractivity contribution in [1.82, 2.24) is 4.31 Å². The van der Waals surface area contributed by atoms with Gasteiger partial charge in [-0.05, 0) is 25.1 Å². The van der Waals surface area contributed by atoms with Gasteiger partial charge in [0.15, 0.2) is 0 Å². The Bertz CT molecular complexity index is 684. The third-order valence-corrected chi connectivity index (χ3v) is 5.35. The molecule has 0 N–H and O–H groups in total. The van der Waals surface area contributed by atoms with E-state index in [1.165, 1.54) is 13.8 Å². The molecule has 1 aromatic carbocycles. The number of halogens is 4. The Labute approximate surface area is 132 Å². The zero-order valence-corrected chi connectivity index (χ0v) is 13.4. The predicted molar refractivity (Wildman–Crippen MR) is 75.7 cm³/mol. The standard InChI is InChI=1S/C13H14ClF3N2O2S/c1-3-19(8-9(2)7-18)22(20,21)12-6-10(13(15,16)17)4-5-11(12)14/h4-6,9H,3,8H2,1-2H3. The summed E-state index contributed by atoms with van der Waals surface area (Å²) in [6, 6.07) is 4.02. The first-order valence-electron chi connectivity index (χ1n) is 6.30. The van der Waals surface area contributed by atoms with Gasteiger partial charge in [-0.1, -0.05) is 18.5 Å². The molecule has 122 valence electrons. The van der Waals surface area contributed by atoms with Crippen molar-refractivity contribution in [2.45, 2.75) is 24.9 Å². The summed E-state index contributed by atoms with van der Waals surface area (Å²) in [5, 5.41) is 8.48. The minimum absolute atomic E-state index is 0.0148. The van der Waals surface area contributed by atoms with Crippen molar-refractivity contribution in [1.29, 1.82) is 5.26 Å². The molecule has 1 rings (SSSR count). The zero-order valence-electron chi connectivity index (χ0n) is 11.9. The number of nitriles is 1. The predicted octanol–water partition coefficient (Wildman–Crippen LogP) is 3.53. The number of rotatable bonds is 5. The van der Waals surface area contributed by atoms with Crippen LogP contribution in [0.2, 0.25) is 5.02 Å². The molecule has 1 atom stereocenters. The largest absolute Gasteiger partial charge is 0.416 e. The average Bonchev–Trinajstić information content (AvgIpc) is 2.43. The van der Waals surface area contributed by atoms with Crippen molar-refractivity contribution in [3.05, 3.63) is 28.8 Å². The molecule has 0 aliphatic rings. The Kier molecular flexibility index (Phi) is 5.84. The van der Waals surface area contributed by atoms with Crippen molar-refractivity contribution in [2.75, 3.05) is 13.1 Å². The number of nitrogens with zero attached hydrogens (tertiary/aromatic N) is 2. The van der Waals surface area contributed by atoms with Gasteiger partial charge < -0.3 is 0 Å². The molecule has 0 aliphatic carbocycles. The molecule has 4 nitrogen and oxygen atoms in total. The third kappa shape index (κ3) is 4.12. The van der Waals surface area contributed by atoms with Crippen LogP contribution in [0.4, 0.5) is 13.2 Å². The van der Waals surface area contributed by atoms with Gasteiger partial charge in [0.25, 0.3) is 0 Å². The SMILES string of the molecule is CCN(CC(C)C#N)S(=O)(=O)c1cc(C(F)(F)F)ccc1Cl. The highest BCUT2D eigenvalue weighted by atomic mass is 35.5. The van der Waals surface area contributed by atoms with E-state index < -0.39 is 32.6 Å². The first-order valence-corrected chi connectivity index (χ1v) is 8.12. The minimum Gasteiger partial charge on any atom is -0.207 e. The van der Waals surface area contributed by atoms with E-state index in [0.29, 0.717) is 6.07 Å². The highest BCUT2D eigenvalue weighted by molar-refractivity contribution is 7.89. The number of sulfonamides is 1. The molecule has 0 heterocycles. The van der Waals surface area contributed by atoms with Crippen molar-refractivity contribution in [3.63, 3.8) is 0 Å². The molecule has 0 bridgehead atoms. The van der Waals surface area contributed by atoms with Crippen molar-refractivity contribution in [2.24, 2.45) is 5.92 Å². The summed E-state index contributed by atoms with van der Waals surface area (Å²) in [5.74, 6) is -0.598. The van der Waals surface area contributed by atoms with Crippen LogP contribution >= 0.6 is 11.6 Å². The number of hydrogen-bond donors (Lipinski definition) is 0. The van der Waals surface area contributed by atoms with E-state index in [1.54, 1.807) is 0 Å². The lowest BCUT2D eigenvalue weighted by Crippen LogP contribution is -2.34. The summed E-state index contributed by atoms with van der Waals surface area (Å²) >= 11 is 5.76. The van der Waals surface area contributed by atoms with Gasteiger partial charge in [-0.3, -0.25) is 0 Å². The van der Waals surface area contributed by atoms with Crippen molar-refractivity contribution < 1.29 is 21.6 Å². The molecule has 0 aromatic heterocycles. The van der Waals surface area contributed by atoms with Gasteiger partial charge in [0.05, 0.1) is 22.6 Å². The van der Waals surface area contributed by atoms with Crippen LogP contribution in [0.25, 0.3) is 0 Å². The van der Waals surface area contributed by atoms with E-state index in [-0.39, 0.29) is 18.1 Å². The third-order valence-electron chi connectivity index (χ3n) is 2.93. The molecule has 22 heavy (non-hydrogen) atoms. The van der Waals surface area contributed by atoms with Gasteiger partial charge in [-0.2, -0.15) is 22.7 Å². The summed E-state index contributed by atoms with van der Waals surface area (Å²) in [6.07, 6.45) is -4.67. The van der Waals surface area contributed by atoms with E-state index >= 15 is 0 Å². The van der Waals surface area contributed by atoms with Crippen molar-refractivity contribution in [3.8, 4) is 6.07 Å². The Morgan fingerprint density at radius 1 is 1.41 bits per heavy atom. The minimum atomic E-state index is -4.67. The van der Waals surface area contributed by atoms with Gasteiger partial charge in [0, 0.05) is 13.1 Å². The topological polar surface area (TPSA) is 61.2 Å². The molecule has 1 unspecified atom stereocenters. The van der Waals surface area contributed by atoms with Crippen LogP contribution < -0.4 is 0 Å². The summed E-state index contributed by atoms with van der Waals surface area (Å²) in [6.45, 7) is 2.94. The van der Waals surface area contributed by atoms with Crippen LogP contribution in [0.1, 0.15) is 19.4 Å². The number of benzene rings is 1. The van der Waals surface area contributed by atoms with Crippen LogP contribution in [0.3, 0.4) is 0 Å². The molecule has 0 fully saturated rings. The Balaban J connectivity index is 3.35. The summed E-state index contributed by atoms with van der Waals surface area (Å²) in [7, 11) is -4.22. The fraction of sp³-hybridized carbons (Fsp3) is 0.462. The van der Waals surface area contributed by atoms with Gasteiger partial charge in [-0.25, -0.2) is 8.42 Å². The quantitative estimate of drug-likeness (QED) is 0.812. The molecule has 0 saturated carbocycles.